The molecule has 0 bridgehead atoms. The molecule has 0 N–H and O–H groups in total. The second-order valence-electron chi connectivity index (χ2n) is 7.47. The largest absolute Gasteiger partial charge is 0.484 e. The van der Waals surface area contributed by atoms with E-state index in [0.29, 0.717) is 34.5 Å². The van der Waals surface area contributed by atoms with Gasteiger partial charge in [0.2, 0.25) is 0 Å². The van der Waals surface area contributed by atoms with E-state index in [1.165, 1.54) is 25.4 Å². The first-order valence-corrected chi connectivity index (χ1v) is 10.7. The van der Waals surface area contributed by atoms with Crippen LogP contribution in [0.5, 0.6) is 5.75 Å². The Kier molecular flexibility index (Phi) is 5.57. The summed E-state index contributed by atoms with van der Waals surface area (Å²) in [7, 11) is 0. The number of hydrogen-bond donors (Lipinski definition) is 0. The third kappa shape index (κ3) is 3.97. The van der Waals surface area contributed by atoms with E-state index >= 15 is 0 Å². The molecule has 4 aromatic rings. The Morgan fingerprint density at radius 1 is 1.12 bits per heavy atom. The van der Waals surface area contributed by atoms with Crippen molar-refractivity contribution in [3.63, 3.8) is 0 Å². The normalized spacial score (nSPS) is 14.4. The van der Waals surface area contributed by atoms with Crippen LogP contribution in [0.4, 0.5) is 17.6 Å². The molecule has 0 amide bonds. The van der Waals surface area contributed by atoms with E-state index < -0.39 is 24.1 Å². The van der Waals surface area contributed by atoms with Crippen LogP contribution in [0.1, 0.15) is 29.8 Å². The van der Waals surface area contributed by atoms with Crippen LogP contribution in [-0.2, 0) is 4.74 Å². The molecular formula is C21H16BrF4N5O2. The Hall–Kier alpha value is -2.99. The van der Waals surface area contributed by atoms with Gasteiger partial charge in [-0.05, 0) is 47.1 Å². The third-order valence-corrected chi connectivity index (χ3v) is 5.82. The maximum atomic E-state index is 13.7. The first kappa shape index (κ1) is 21.8. The summed E-state index contributed by atoms with van der Waals surface area (Å²) in [5.74, 6) is 0.617. The van der Waals surface area contributed by atoms with Crippen LogP contribution in [0.3, 0.4) is 0 Å². The molecule has 0 radical (unpaired) electrons. The van der Waals surface area contributed by atoms with Gasteiger partial charge >= 0.3 is 0 Å². The lowest BCUT2D eigenvalue weighted by molar-refractivity contribution is -0.0799. The molecule has 12 heteroatoms. The summed E-state index contributed by atoms with van der Waals surface area (Å²) in [5.41, 5.74) is 0.569. The van der Waals surface area contributed by atoms with Gasteiger partial charge in [-0.3, -0.25) is 4.57 Å². The molecule has 1 saturated heterocycles. The number of aryl methyl sites for hydroxylation is 1. The molecule has 3 aromatic heterocycles. The maximum absolute atomic E-state index is 13.7. The van der Waals surface area contributed by atoms with Crippen molar-refractivity contribution in [1.29, 1.82) is 0 Å². The van der Waals surface area contributed by atoms with E-state index in [0.717, 1.165) is 10.7 Å². The van der Waals surface area contributed by atoms with E-state index in [2.05, 4.69) is 31.0 Å². The highest BCUT2D eigenvalue weighted by atomic mass is 79.9. The minimum Gasteiger partial charge on any atom is -0.484 e. The fourth-order valence-electron chi connectivity index (χ4n) is 3.49. The van der Waals surface area contributed by atoms with Crippen LogP contribution >= 0.6 is 15.9 Å². The number of rotatable bonds is 6. The van der Waals surface area contributed by atoms with Crippen LogP contribution in [0.15, 0.2) is 41.1 Å². The van der Waals surface area contributed by atoms with Crippen LogP contribution in [0, 0.1) is 6.92 Å². The highest BCUT2D eigenvalue weighted by molar-refractivity contribution is 9.10. The van der Waals surface area contributed by atoms with Crippen molar-refractivity contribution in [2.45, 2.75) is 25.9 Å². The average molecular weight is 526 g/mol. The molecule has 4 heterocycles. The van der Waals surface area contributed by atoms with E-state index in [4.69, 9.17) is 9.47 Å². The lowest BCUT2D eigenvalue weighted by atomic mass is 10.2. The predicted molar refractivity (Wildman–Crippen MR) is 114 cm³/mol. The van der Waals surface area contributed by atoms with Crippen LogP contribution in [0.2, 0.25) is 0 Å². The Bertz CT molecular complexity index is 1340. The minimum absolute atomic E-state index is 0.0583. The van der Waals surface area contributed by atoms with Gasteiger partial charge in [-0.25, -0.2) is 32.2 Å². The highest BCUT2D eigenvalue weighted by Crippen LogP contribution is 2.33. The predicted octanol–water partition coefficient (Wildman–Crippen LogP) is 5.33. The van der Waals surface area contributed by atoms with Gasteiger partial charge in [0.05, 0.1) is 34.3 Å². The Balaban J connectivity index is 1.62. The van der Waals surface area contributed by atoms with Gasteiger partial charge in [0, 0.05) is 11.8 Å². The van der Waals surface area contributed by atoms with Crippen molar-refractivity contribution in [3.05, 3.63) is 58.1 Å². The smallest absolute Gasteiger partial charge is 0.282 e. The van der Waals surface area contributed by atoms with Gasteiger partial charge in [-0.2, -0.15) is 5.10 Å². The fraction of sp³-hybridized carbons (Fsp3) is 0.286. The molecule has 172 valence electrons. The fourth-order valence-corrected chi connectivity index (χ4v) is 3.91. The zero-order chi connectivity index (χ0) is 23.3. The Morgan fingerprint density at radius 3 is 2.55 bits per heavy atom. The van der Waals surface area contributed by atoms with Crippen molar-refractivity contribution >= 4 is 27.0 Å². The number of alkyl halides is 4. The van der Waals surface area contributed by atoms with E-state index in [-0.39, 0.29) is 23.4 Å². The first-order chi connectivity index (χ1) is 15.8. The van der Waals surface area contributed by atoms with Gasteiger partial charge < -0.3 is 9.47 Å². The second-order valence-corrected chi connectivity index (χ2v) is 8.32. The number of halogens is 5. The number of benzene rings is 1. The van der Waals surface area contributed by atoms with Gasteiger partial charge in [0.25, 0.3) is 12.9 Å². The molecular weight excluding hydrogens is 510 g/mol. The van der Waals surface area contributed by atoms with Gasteiger partial charge in [-0.15, -0.1) is 0 Å². The van der Waals surface area contributed by atoms with Gasteiger partial charge in [-0.1, -0.05) is 0 Å². The molecule has 1 aliphatic heterocycles. The van der Waals surface area contributed by atoms with Crippen molar-refractivity contribution < 1.29 is 27.0 Å². The number of fused-ring (bicyclic) bond motifs is 1. The summed E-state index contributed by atoms with van der Waals surface area (Å²) >= 11 is 3.47. The molecule has 0 spiro atoms. The molecule has 0 aliphatic carbocycles. The molecule has 1 fully saturated rings. The Labute approximate surface area is 193 Å². The monoisotopic (exact) mass is 525 g/mol. The number of hydrogen-bond acceptors (Lipinski definition) is 5. The number of aromatic nitrogens is 5. The standard InChI is InChI=1S/C21H16BrF4N5O2/c1-10-4-15(20(25)26)29-31(10)21-12(19(23)24)2-3-18(28-21)30-9-27-14-5-13(22)17(6-16(14)30)33-11-7-32-8-11/h2-6,9,11,19-20H,7-8H2,1H3. The van der Waals surface area contributed by atoms with Crippen LogP contribution < -0.4 is 4.74 Å². The molecule has 33 heavy (non-hydrogen) atoms. The quantitative estimate of drug-likeness (QED) is 0.318. The van der Waals surface area contributed by atoms with E-state index in [9.17, 15) is 17.6 Å². The summed E-state index contributed by atoms with van der Waals surface area (Å²) in [4.78, 5) is 8.71. The second kappa shape index (κ2) is 8.41. The molecule has 5 rings (SSSR count). The first-order valence-electron chi connectivity index (χ1n) is 9.87. The molecule has 1 aromatic carbocycles. The molecule has 0 saturated carbocycles. The van der Waals surface area contributed by atoms with Crippen molar-refractivity contribution in [2.24, 2.45) is 0 Å². The summed E-state index contributed by atoms with van der Waals surface area (Å²) in [5, 5.41) is 3.79. The number of nitrogens with zero attached hydrogens (tertiary/aromatic N) is 5. The summed E-state index contributed by atoms with van der Waals surface area (Å²) in [6.45, 7) is 2.49. The highest BCUT2D eigenvalue weighted by Gasteiger charge is 2.24. The van der Waals surface area contributed by atoms with Gasteiger partial charge in [0.15, 0.2) is 5.82 Å². The molecule has 7 nitrogen and oxygen atoms in total. The summed E-state index contributed by atoms with van der Waals surface area (Å²) in [6, 6.07) is 7.32. The SMILES string of the molecule is Cc1cc(C(F)F)nn1-c1nc(-n2cnc3cc(Br)c(OC4COC4)cc32)ccc1C(F)F. The van der Waals surface area contributed by atoms with Crippen molar-refractivity contribution in [2.75, 3.05) is 13.2 Å². The molecule has 0 unspecified atom stereocenters. The topological polar surface area (TPSA) is 67.0 Å². The maximum Gasteiger partial charge on any atom is 0.282 e. The zero-order valence-electron chi connectivity index (χ0n) is 17.1. The average Bonchev–Trinajstić information content (AvgIpc) is 3.33. The number of pyridine rings is 1. The van der Waals surface area contributed by atoms with Crippen molar-refractivity contribution in [3.8, 4) is 17.4 Å². The lowest BCUT2D eigenvalue weighted by Crippen LogP contribution is -2.38. The Morgan fingerprint density at radius 2 is 1.91 bits per heavy atom. The van der Waals surface area contributed by atoms with Crippen LogP contribution in [0.25, 0.3) is 22.7 Å². The third-order valence-electron chi connectivity index (χ3n) is 5.21. The minimum atomic E-state index is -2.87. The van der Waals surface area contributed by atoms with Crippen LogP contribution in [-0.4, -0.2) is 43.6 Å². The summed E-state index contributed by atoms with van der Waals surface area (Å²) < 4.78 is 68.1. The number of imidazole rings is 1. The van der Waals surface area contributed by atoms with Crippen molar-refractivity contribution in [1.82, 2.24) is 24.3 Å². The summed E-state index contributed by atoms with van der Waals surface area (Å²) in [6.07, 6.45) is -4.27. The molecule has 0 atom stereocenters. The molecule has 1 aliphatic rings. The van der Waals surface area contributed by atoms with E-state index in [1.54, 1.807) is 16.7 Å². The number of ether oxygens (including phenoxy) is 2. The van der Waals surface area contributed by atoms with E-state index in [1.807, 2.05) is 0 Å². The zero-order valence-corrected chi connectivity index (χ0v) is 18.6. The lowest BCUT2D eigenvalue weighted by Gasteiger charge is -2.27. The van der Waals surface area contributed by atoms with Gasteiger partial charge in [0.1, 0.15) is 29.7 Å².